The molecule has 2 heterocycles. The maximum absolute atomic E-state index is 14.1. The van der Waals surface area contributed by atoms with E-state index in [1.165, 1.54) is 22.3 Å². The molecule has 0 saturated heterocycles. The zero-order valence-electron chi connectivity index (χ0n) is 15.3. The normalized spacial score (nSPS) is 14.0. The highest BCUT2D eigenvalue weighted by atomic mass is 35.5. The maximum Gasteiger partial charge on any atom is 0.264 e. The van der Waals surface area contributed by atoms with Crippen LogP contribution in [0.4, 0.5) is 4.39 Å². The van der Waals surface area contributed by atoms with Gasteiger partial charge in [0.1, 0.15) is 16.5 Å². The van der Waals surface area contributed by atoms with E-state index in [0.29, 0.717) is 21.4 Å². The fourth-order valence-electron chi connectivity index (χ4n) is 3.25. The van der Waals surface area contributed by atoms with Gasteiger partial charge in [0.25, 0.3) is 5.91 Å². The lowest BCUT2D eigenvalue weighted by Gasteiger charge is -2.18. The maximum atomic E-state index is 14.1. The van der Waals surface area contributed by atoms with Gasteiger partial charge in [0.2, 0.25) is 0 Å². The third kappa shape index (κ3) is 3.32. The van der Waals surface area contributed by atoms with Crippen LogP contribution in [-0.4, -0.2) is 27.8 Å². The SMILES string of the molecule is Cc1nc(C2CC2)nc2sc(C(=O)N(C)Cc3c(F)cccc3Cl)c(C)c12. The molecule has 2 aromatic heterocycles. The molecule has 0 atom stereocenters. The highest BCUT2D eigenvalue weighted by Crippen LogP contribution is 2.40. The van der Waals surface area contributed by atoms with Gasteiger partial charge >= 0.3 is 0 Å². The van der Waals surface area contributed by atoms with Crippen molar-refractivity contribution in [2.45, 2.75) is 39.2 Å². The minimum Gasteiger partial charge on any atom is -0.337 e. The summed E-state index contributed by atoms with van der Waals surface area (Å²) in [5.41, 5.74) is 2.11. The minimum absolute atomic E-state index is 0.107. The minimum atomic E-state index is -0.411. The monoisotopic (exact) mass is 403 g/mol. The molecular weight excluding hydrogens is 385 g/mol. The van der Waals surface area contributed by atoms with Crippen LogP contribution < -0.4 is 0 Å². The van der Waals surface area contributed by atoms with Gasteiger partial charge in [-0.25, -0.2) is 14.4 Å². The molecule has 1 fully saturated rings. The molecule has 0 spiro atoms. The predicted octanol–water partition coefficient (Wildman–Crippen LogP) is 5.25. The van der Waals surface area contributed by atoms with Crippen molar-refractivity contribution in [3.63, 3.8) is 0 Å². The molecule has 0 bridgehead atoms. The van der Waals surface area contributed by atoms with Crippen molar-refractivity contribution in [3.8, 4) is 0 Å². The van der Waals surface area contributed by atoms with Gasteiger partial charge in [-0.2, -0.15) is 0 Å². The van der Waals surface area contributed by atoms with Crippen LogP contribution >= 0.6 is 22.9 Å². The topological polar surface area (TPSA) is 46.1 Å². The van der Waals surface area contributed by atoms with Crippen molar-refractivity contribution in [2.24, 2.45) is 0 Å². The largest absolute Gasteiger partial charge is 0.337 e. The zero-order valence-corrected chi connectivity index (χ0v) is 16.9. The van der Waals surface area contributed by atoms with E-state index < -0.39 is 5.82 Å². The molecule has 1 saturated carbocycles. The lowest BCUT2D eigenvalue weighted by Crippen LogP contribution is -2.26. The average Bonchev–Trinajstić information content (AvgIpc) is 3.41. The molecule has 1 aromatic carbocycles. The summed E-state index contributed by atoms with van der Waals surface area (Å²) < 4.78 is 14.1. The quantitative estimate of drug-likeness (QED) is 0.597. The Morgan fingerprint density at radius 3 is 2.74 bits per heavy atom. The number of benzene rings is 1. The van der Waals surface area contributed by atoms with E-state index in [1.54, 1.807) is 19.2 Å². The molecule has 1 aliphatic carbocycles. The first-order chi connectivity index (χ1) is 12.9. The van der Waals surface area contributed by atoms with Crippen LogP contribution in [-0.2, 0) is 6.54 Å². The van der Waals surface area contributed by atoms with Crippen LogP contribution in [0.2, 0.25) is 5.02 Å². The van der Waals surface area contributed by atoms with Crippen molar-refractivity contribution in [2.75, 3.05) is 7.05 Å². The smallest absolute Gasteiger partial charge is 0.264 e. The Morgan fingerprint density at radius 2 is 2.07 bits per heavy atom. The van der Waals surface area contributed by atoms with E-state index in [-0.39, 0.29) is 12.5 Å². The van der Waals surface area contributed by atoms with Gasteiger partial charge in [0.15, 0.2) is 0 Å². The molecule has 27 heavy (non-hydrogen) atoms. The lowest BCUT2D eigenvalue weighted by atomic mass is 10.1. The van der Waals surface area contributed by atoms with Gasteiger partial charge in [-0.3, -0.25) is 4.79 Å². The summed E-state index contributed by atoms with van der Waals surface area (Å²) in [6.07, 6.45) is 2.26. The summed E-state index contributed by atoms with van der Waals surface area (Å²) in [5.74, 6) is 0.764. The van der Waals surface area contributed by atoms with Crippen molar-refractivity contribution in [1.29, 1.82) is 0 Å². The number of fused-ring (bicyclic) bond motifs is 1. The summed E-state index contributed by atoms with van der Waals surface area (Å²) in [5, 5.41) is 1.27. The number of hydrogen-bond acceptors (Lipinski definition) is 4. The van der Waals surface area contributed by atoms with Crippen molar-refractivity contribution < 1.29 is 9.18 Å². The molecule has 1 aliphatic rings. The molecule has 4 rings (SSSR count). The van der Waals surface area contributed by atoms with Crippen LogP contribution in [0, 0.1) is 19.7 Å². The molecule has 0 aliphatic heterocycles. The van der Waals surface area contributed by atoms with Crippen molar-refractivity contribution in [3.05, 3.63) is 56.6 Å². The van der Waals surface area contributed by atoms with E-state index in [4.69, 9.17) is 11.6 Å². The number of nitrogens with zero attached hydrogens (tertiary/aromatic N) is 3. The molecule has 7 heteroatoms. The highest BCUT2D eigenvalue weighted by Gasteiger charge is 2.29. The third-order valence-electron chi connectivity index (χ3n) is 4.93. The Hall–Kier alpha value is -2.05. The molecule has 0 N–H and O–H groups in total. The number of hydrogen-bond donors (Lipinski definition) is 0. The van der Waals surface area contributed by atoms with Gasteiger partial charge in [0.05, 0.1) is 17.1 Å². The highest BCUT2D eigenvalue weighted by molar-refractivity contribution is 7.20. The second kappa shape index (κ2) is 6.84. The predicted molar refractivity (Wildman–Crippen MR) is 106 cm³/mol. The van der Waals surface area contributed by atoms with Crippen LogP contribution in [0.5, 0.6) is 0 Å². The second-order valence-electron chi connectivity index (χ2n) is 7.04. The van der Waals surface area contributed by atoms with E-state index in [9.17, 15) is 9.18 Å². The first kappa shape index (κ1) is 18.3. The average molecular weight is 404 g/mol. The number of aryl methyl sites for hydroxylation is 2. The summed E-state index contributed by atoms with van der Waals surface area (Å²) in [4.78, 5) is 25.3. The van der Waals surface area contributed by atoms with Gasteiger partial charge in [-0.05, 0) is 44.4 Å². The summed E-state index contributed by atoms with van der Waals surface area (Å²) in [7, 11) is 1.66. The second-order valence-corrected chi connectivity index (χ2v) is 8.45. The van der Waals surface area contributed by atoms with Crippen molar-refractivity contribution in [1.82, 2.24) is 14.9 Å². The Kier molecular flexibility index (Phi) is 4.64. The number of thiophene rings is 1. The number of amides is 1. The first-order valence-electron chi connectivity index (χ1n) is 8.82. The summed E-state index contributed by atoms with van der Waals surface area (Å²) >= 11 is 7.48. The Morgan fingerprint density at radius 1 is 1.33 bits per heavy atom. The number of carbonyl (C=O) groups excluding carboxylic acids is 1. The Bertz CT molecular complexity index is 1040. The van der Waals surface area contributed by atoms with Crippen LogP contribution in [0.15, 0.2) is 18.2 Å². The van der Waals surface area contributed by atoms with Crippen LogP contribution in [0.3, 0.4) is 0 Å². The number of halogens is 2. The molecule has 4 nitrogen and oxygen atoms in total. The van der Waals surface area contributed by atoms with E-state index in [2.05, 4.69) is 9.97 Å². The van der Waals surface area contributed by atoms with E-state index in [0.717, 1.165) is 40.1 Å². The molecule has 140 valence electrons. The molecule has 0 radical (unpaired) electrons. The van der Waals surface area contributed by atoms with Gasteiger partial charge < -0.3 is 4.90 Å². The van der Waals surface area contributed by atoms with Gasteiger partial charge in [-0.1, -0.05) is 17.7 Å². The number of aromatic nitrogens is 2. The van der Waals surface area contributed by atoms with Crippen LogP contribution in [0.1, 0.15) is 51.1 Å². The third-order valence-corrected chi connectivity index (χ3v) is 6.46. The fraction of sp³-hybridized carbons (Fsp3) is 0.350. The zero-order chi connectivity index (χ0) is 19.3. The number of carbonyl (C=O) groups is 1. The van der Waals surface area contributed by atoms with Crippen LogP contribution in [0.25, 0.3) is 10.2 Å². The van der Waals surface area contributed by atoms with E-state index >= 15 is 0 Å². The molecule has 1 amide bonds. The van der Waals surface area contributed by atoms with Crippen molar-refractivity contribution >= 4 is 39.1 Å². The summed E-state index contributed by atoms with van der Waals surface area (Å²) in [6, 6.07) is 4.53. The lowest BCUT2D eigenvalue weighted by molar-refractivity contribution is 0.0788. The molecular formula is C20H19ClFN3OS. The first-order valence-corrected chi connectivity index (χ1v) is 10.0. The van der Waals surface area contributed by atoms with E-state index in [1.807, 2.05) is 13.8 Å². The van der Waals surface area contributed by atoms with Gasteiger partial charge in [0, 0.05) is 28.9 Å². The Labute approximate surface area is 166 Å². The van der Waals surface area contributed by atoms with Gasteiger partial charge in [-0.15, -0.1) is 11.3 Å². The fourth-order valence-corrected chi connectivity index (χ4v) is 4.71. The summed E-state index contributed by atoms with van der Waals surface area (Å²) in [6.45, 7) is 3.99. The molecule has 3 aromatic rings. The molecule has 0 unspecified atom stereocenters. The number of rotatable bonds is 4. The standard InChI is InChI=1S/C20H19ClFN3OS/c1-10-16-11(2)23-18(12-7-8-12)24-19(16)27-17(10)20(26)25(3)9-13-14(21)5-4-6-15(13)22/h4-6,12H,7-9H2,1-3H3. The Balaban J connectivity index is 1.67.